The first-order valence-corrected chi connectivity index (χ1v) is 61.3. The van der Waals surface area contributed by atoms with Gasteiger partial charge < -0.3 is 0 Å². The molecule has 45 heteroatoms. The summed E-state index contributed by atoms with van der Waals surface area (Å²) in [7, 11) is -37.0. The molecule has 0 bridgehead atoms. The second-order valence-corrected chi connectivity index (χ2v) is 62.5. The Balaban J connectivity index is 1.98. The van der Waals surface area contributed by atoms with Crippen molar-refractivity contribution in [1.82, 2.24) is 30.1 Å². The zero-order valence-electron chi connectivity index (χ0n) is 62.1. The van der Waals surface area contributed by atoms with Crippen molar-refractivity contribution >= 4 is 165 Å². The van der Waals surface area contributed by atoms with Gasteiger partial charge in [0, 0.05) is 0 Å². The van der Waals surface area contributed by atoms with Crippen LogP contribution in [-0.2, 0) is 70.2 Å². The van der Waals surface area contributed by atoms with E-state index in [0.717, 1.165) is 30.3 Å². The first-order valence-electron chi connectivity index (χ1n) is 35.5. The van der Waals surface area contributed by atoms with E-state index in [-0.39, 0.29) is 13.1 Å². The van der Waals surface area contributed by atoms with Gasteiger partial charge in [-0.2, -0.15) is 0 Å². The molecule has 14 N–H and O–H groups in total. The predicted octanol–water partition coefficient (Wildman–Crippen LogP) is -10.9. The fourth-order valence-electron chi connectivity index (χ4n) is 12.7. The van der Waals surface area contributed by atoms with E-state index in [2.05, 4.69) is 0 Å². The second-order valence-electron chi connectivity index (χ2n) is 24.6. The summed E-state index contributed by atoms with van der Waals surface area (Å²) in [6.07, 6.45) is 0. The van der Waals surface area contributed by atoms with Crippen LogP contribution in [-0.4, -0.2) is 410 Å². The Labute approximate surface area is 694 Å². The fourth-order valence-corrected chi connectivity index (χ4v) is 73.7. The summed E-state index contributed by atoms with van der Waals surface area (Å²) in [6.45, 7) is -22.9. The monoisotopic (exact) mass is 2330 g/mol. The minimum atomic E-state index is -6.30. The van der Waals surface area contributed by atoms with Crippen molar-refractivity contribution in [3.8, 4) is 0 Å². The normalized spacial score (nSPS) is 13.1. The number of hydrogen-bond acceptors (Lipinski definition) is 28. The van der Waals surface area contributed by atoms with Crippen molar-refractivity contribution in [1.29, 1.82) is 0 Å². The molecule has 0 aliphatic carbocycles. The molecule has 0 aliphatic rings. The number of nitrogens with zero attached hydrogens (tertiary/aromatic N) is 7. The van der Waals surface area contributed by atoms with E-state index in [1.807, 2.05) is 0 Å². The Kier molecular flexibility index (Phi) is 38.6. The fraction of sp³-hybridized carbons (Fsp3) is 0.400. The van der Waals surface area contributed by atoms with Crippen LogP contribution in [0.25, 0.3) is 0 Å². The third-order valence-electron chi connectivity index (χ3n) is 17.6. The van der Waals surface area contributed by atoms with Gasteiger partial charge in [0.1, 0.15) is 0 Å². The van der Waals surface area contributed by atoms with Gasteiger partial charge in [-0.1, -0.05) is 0 Å². The van der Waals surface area contributed by atoms with Gasteiger partial charge in [-0.05, 0) is 0 Å². The van der Waals surface area contributed by atoms with E-state index in [0.29, 0.717) is 30.1 Å². The number of aliphatic hydroxyl groups excluding tert-OH is 14. The van der Waals surface area contributed by atoms with Crippen molar-refractivity contribution in [2.75, 3.05) is 184 Å². The van der Waals surface area contributed by atoms with Gasteiger partial charge in [0.25, 0.3) is 0 Å². The van der Waals surface area contributed by atoms with Crippen LogP contribution >= 0.6 is 0 Å². The number of aliphatic hydroxyl groups is 14. The minimum absolute atomic E-state index is 0.278. The molecular weight excluding hydrogens is 2240 g/mol. The molecule has 636 valence electrons. The van der Waals surface area contributed by atoms with Crippen LogP contribution in [0.3, 0.4) is 0 Å². The van der Waals surface area contributed by atoms with Crippen LogP contribution in [0, 0.1) is 0 Å². The molecule has 7 aromatic carbocycles. The molecule has 0 saturated carbocycles. The zero-order valence-corrected chi connectivity index (χ0v) is 78.3. The molecule has 0 atom stereocenters. The molecule has 35 nitrogen and oxygen atoms in total. The molecule has 0 spiro atoms. The summed E-state index contributed by atoms with van der Waals surface area (Å²) in [5, 5.41) is 148. The molecular formula is C70H96Bi3N7O28S7. The molecule has 0 heterocycles. The van der Waals surface area contributed by atoms with E-state index in [4.69, 9.17) is 0 Å². The van der Waals surface area contributed by atoms with Crippen LogP contribution in [0.5, 0.6) is 0 Å². The van der Waals surface area contributed by atoms with Crippen LogP contribution in [0.2, 0.25) is 0 Å². The van der Waals surface area contributed by atoms with E-state index in [1.54, 1.807) is 0 Å². The predicted molar refractivity (Wildman–Crippen MR) is 430 cm³/mol. The SMILES string of the molecule is O=S(=O)(c1cccc[c]1[Bi]([c]1ccccc1S(=O)(=O)N(CCO)CCO)[c]1ccc[c]([Bi]([c]2ccccc2S(=O)(=O)N(CCO)CCO)[c]2ccc[c]([Bi]([c]3ccccc3S(=O)(=O)N(CCO)CCO)[c]3ccccc3S(=O)(=O)N(CCO)CCO)c2S(=O)(=O)N(CCO)CCO)c1S(=O)(=O)N(CCO)CCO)N(CCO)CCO. The Hall–Kier alpha value is -4.00. The Morgan fingerprint density at radius 3 is 0.443 bits per heavy atom. The molecule has 0 unspecified atom stereocenters. The molecule has 115 heavy (non-hydrogen) atoms. The van der Waals surface area contributed by atoms with Gasteiger partial charge in [-0.25, -0.2) is 0 Å². The van der Waals surface area contributed by atoms with Crippen molar-refractivity contribution in [3.05, 3.63) is 158 Å². The molecule has 0 radical (unpaired) electrons. The molecule has 0 aromatic heterocycles. The summed E-state index contributed by atoms with van der Waals surface area (Å²) in [6, 6.07) is 31.9. The van der Waals surface area contributed by atoms with Crippen molar-refractivity contribution < 1.29 is 130 Å². The third-order valence-corrected chi connectivity index (χ3v) is 67.2. The van der Waals surface area contributed by atoms with Crippen molar-refractivity contribution in [2.24, 2.45) is 0 Å². The van der Waals surface area contributed by atoms with Crippen LogP contribution in [0.1, 0.15) is 0 Å². The molecule has 0 saturated heterocycles. The van der Waals surface area contributed by atoms with E-state index in [9.17, 15) is 71.5 Å². The average Bonchev–Trinajstić information content (AvgIpc) is 0.712. The van der Waals surface area contributed by atoms with Gasteiger partial charge in [-0.3, -0.25) is 0 Å². The summed E-state index contributed by atoms with van der Waals surface area (Å²) < 4.78 is 228. The summed E-state index contributed by atoms with van der Waals surface area (Å²) in [5.74, 6) is 0. The van der Waals surface area contributed by atoms with E-state index >= 15 is 58.9 Å². The first kappa shape index (κ1) is 98.1. The molecule has 0 amide bonds. The summed E-state index contributed by atoms with van der Waals surface area (Å²) in [4.78, 5) is -5.20. The van der Waals surface area contributed by atoms with Gasteiger partial charge >= 0.3 is 702 Å². The zero-order chi connectivity index (χ0) is 84.7. The number of hydrogen-bond donors (Lipinski definition) is 14. The molecule has 7 aromatic rings. The summed E-state index contributed by atoms with van der Waals surface area (Å²) >= 11 is -18.0. The number of benzene rings is 7. The first-order chi connectivity index (χ1) is 54.9. The molecule has 0 aliphatic heterocycles. The van der Waals surface area contributed by atoms with E-state index < -0.39 is 370 Å². The van der Waals surface area contributed by atoms with Crippen molar-refractivity contribution in [2.45, 2.75) is 34.3 Å². The Morgan fingerprint density at radius 2 is 0.296 bits per heavy atom. The Bertz CT molecular complexity index is 4730. The average molecular weight is 2330 g/mol. The molecule has 0 fully saturated rings. The topological polar surface area (TPSA) is 545 Å². The maximum atomic E-state index is 17.3. The standard InChI is InChI=1S/5C10H14NO4S.2C10H13NO4S.3Bi/c7*12-8-6-11(7-9-13)16(14,15)10-4-2-1-3-5-10;;;/h5*1-4,12-13H,6-9H2;2*1-3,12-13H,6-9H2;;;. The van der Waals surface area contributed by atoms with Gasteiger partial charge in [0.05, 0.1) is 0 Å². The van der Waals surface area contributed by atoms with Gasteiger partial charge in [0.15, 0.2) is 0 Å². The van der Waals surface area contributed by atoms with Crippen LogP contribution in [0.4, 0.5) is 0 Å². The van der Waals surface area contributed by atoms with E-state index in [1.165, 1.54) is 127 Å². The maximum absolute atomic E-state index is 17.3. The Morgan fingerprint density at radius 1 is 0.174 bits per heavy atom. The van der Waals surface area contributed by atoms with Crippen molar-refractivity contribution in [3.63, 3.8) is 0 Å². The van der Waals surface area contributed by atoms with Crippen LogP contribution < -0.4 is 29.4 Å². The number of rotatable bonds is 51. The van der Waals surface area contributed by atoms with Crippen LogP contribution in [0.15, 0.2) is 192 Å². The number of sulfonamides is 7. The second kappa shape index (κ2) is 45.2. The quantitative estimate of drug-likeness (QED) is 0.0157. The third kappa shape index (κ3) is 22.1. The van der Waals surface area contributed by atoms with Gasteiger partial charge in [-0.15, -0.1) is 0 Å². The molecule has 7 rings (SSSR count). The van der Waals surface area contributed by atoms with Gasteiger partial charge in [0.2, 0.25) is 0 Å². The summed E-state index contributed by atoms with van der Waals surface area (Å²) in [5.41, 5.74) is 0.